The second kappa shape index (κ2) is 12.5. The maximum atomic E-state index is 4.13. The Hall–Kier alpha value is -5.60. The van der Waals surface area contributed by atoms with Gasteiger partial charge in [-0.1, -0.05) is 186 Å². The summed E-state index contributed by atoms with van der Waals surface area (Å²) in [5, 5.41) is 4.13. The molecule has 7 aromatic carbocycles. The molecule has 1 N–H and O–H groups in total. The van der Waals surface area contributed by atoms with Gasteiger partial charge in [0.2, 0.25) is 0 Å². The molecule has 1 fully saturated rings. The van der Waals surface area contributed by atoms with Gasteiger partial charge < -0.3 is 5.32 Å². The smallest absolute Gasteiger partial charge is 0.193 e. The first-order valence-corrected chi connectivity index (χ1v) is 22.5. The van der Waals surface area contributed by atoms with E-state index in [4.69, 9.17) is 0 Å². The van der Waals surface area contributed by atoms with E-state index in [1.54, 1.807) is 11.1 Å². The Morgan fingerprint density at radius 3 is 1.97 bits per heavy atom. The van der Waals surface area contributed by atoms with Crippen molar-refractivity contribution in [2.45, 2.75) is 95.8 Å². The molecule has 7 aromatic rings. The zero-order valence-corrected chi connectivity index (χ0v) is 36.0. The molecule has 1 saturated carbocycles. The molecule has 1 radical (unpaired) electrons. The van der Waals surface area contributed by atoms with Crippen molar-refractivity contribution in [2.75, 3.05) is 5.32 Å². The second-order valence-electron chi connectivity index (χ2n) is 20.4. The molecule has 0 aromatic heterocycles. The molecular formula is C58H53BN. The number of nitrogens with one attached hydrogen (secondary N) is 1. The van der Waals surface area contributed by atoms with Gasteiger partial charge in [0, 0.05) is 17.2 Å². The van der Waals surface area contributed by atoms with Crippen LogP contribution in [0.15, 0.2) is 140 Å². The molecule has 12 rings (SSSR count). The number of benzene rings is 7. The largest absolute Gasteiger partial charge is 0.354 e. The molecule has 3 aliphatic carbocycles. The molecular weight excluding hydrogens is 721 g/mol. The molecule has 3 unspecified atom stereocenters. The van der Waals surface area contributed by atoms with E-state index in [-0.39, 0.29) is 16.2 Å². The average molecular weight is 775 g/mol. The summed E-state index contributed by atoms with van der Waals surface area (Å²) in [7, 11) is 2.61. The second-order valence-corrected chi connectivity index (χ2v) is 20.4. The van der Waals surface area contributed by atoms with Crippen molar-refractivity contribution in [1.29, 1.82) is 0 Å². The summed E-state index contributed by atoms with van der Waals surface area (Å²) in [6, 6.07) is 53.9. The number of anilines is 2. The first-order valence-electron chi connectivity index (χ1n) is 22.5. The van der Waals surface area contributed by atoms with Crippen LogP contribution in [-0.2, 0) is 16.2 Å². The van der Waals surface area contributed by atoms with Crippen LogP contribution in [0.3, 0.4) is 0 Å². The van der Waals surface area contributed by atoms with Crippen LogP contribution in [0.25, 0.3) is 33.4 Å². The van der Waals surface area contributed by atoms with E-state index < -0.39 is 5.41 Å². The highest BCUT2D eigenvalue weighted by Crippen LogP contribution is 2.64. The minimum absolute atomic E-state index is 0.0452. The number of hydrogen-bond donors (Lipinski definition) is 1. The molecule has 0 amide bonds. The molecule has 0 saturated heterocycles. The van der Waals surface area contributed by atoms with Gasteiger partial charge in [0.25, 0.3) is 0 Å². The molecule has 60 heavy (non-hydrogen) atoms. The van der Waals surface area contributed by atoms with Gasteiger partial charge in [-0.3, -0.25) is 0 Å². The average Bonchev–Trinajstić information content (AvgIpc) is 3.54. The lowest BCUT2D eigenvalue weighted by atomic mass is 9.42. The molecule has 5 aliphatic rings. The van der Waals surface area contributed by atoms with Crippen LogP contribution < -0.4 is 16.2 Å². The number of rotatable bonds is 2. The minimum atomic E-state index is -0.454. The normalized spacial score (nSPS) is 22.2. The van der Waals surface area contributed by atoms with Crippen LogP contribution in [0.5, 0.6) is 0 Å². The van der Waals surface area contributed by atoms with Crippen molar-refractivity contribution >= 4 is 29.6 Å². The Labute approximate surface area is 357 Å². The van der Waals surface area contributed by atoms with Crippen molar-refractivity contribution in [2.24, 2.45) is 5.41 Å². The standard InChI is InChI=1S/C58H53BN/c1-35-18-7-8-19-38(35)36-30-42(53-43(31-36)44-34-56(5)28-15-16-29-57(56,6)49-32-37(55(2,3)4)33-50(59-53)52(44)49)41-22-17-26-48-54(41)60-51-27-14-13-25-47(51)58(48)45-23-11-9-20-39(45)40-21-10-12-24-46(40)58/h7-14,17-27,30-33,44,60H,15-16,28-29,34H2,1-6H3. The van der Waals surface area contributed by atoms with E-state index in [1.165, 1.54) is 127 Å². The van der Waals surface area contributed by atoms with E-state index in [9.17, 15) is 0 Å². The Balaban J connectivity index is 1.17. The van der Waals surface area contributed by atoms with Gasteiger partial charge in [-0.15, -0.1) is 0 Å². The van der Waals surface area contributed by atoms with Crippen LogP contribution in [0.1, 0.15) is 123 Å². The van der Waals surface area contributed by atoms with Crippen LogP contribution in [0.2, 0.25) is 0 Å². The van der Waals surface area contributed by atoms with Crippen LogP contribution in [0.4, 0.5) is 11.4 Å². The van der Waals surface area contributed by atoms with Crippen molar-refractivity contribution in [1.82, 2.24) is 0 Å². The highest BCUT2D eigenvalue weighted by atomic mass is 14.9. The Morgan fingerprint density at radius 1 is 0.600 bits per heavy atom. The third-order valence-electron chi connectivity index (χ3n) is 16.3. The van der Waals surface area contributed by atoms with Gasteiger partial charge in [-0.25, -0.2) is 0 Å². The predicted octanol–water partition coefficient (Wildman–Crippen LogP) is 13.4. The molecule has 2 heterocycles. The zero-order valence-electron chi connectivity index (χ0n) is 36.0. The van der Waals surface area contributed by atoms with Gasteiger partial charge in [0.15, 0.2) is 7.28 Å². The van der Waals surface area contributed by atoms with E-state index in [0.29, 0.717) is 5.92 Å². The monoisotopic (exact) mass is 774 g/mol. The van der Waals surface area contributed by atoms with Crippen molar-refractivity contribution < 1.29 is 0 Å². The molecule has 2 heteroatoms. The van der Waals surface area contributed by atoms with Crippen molar-refractivity contribution in [3.8, 4) is 33.4 Å². The maximum absolute atomic E-state index is 4.13. The summed E-state index contributed by atoms with van der Waals surface area (Å²) in [5.41, 5.74) is 25.9. The number of para-hydroxylation sites is 2. The van der Waals surface area contributed by atoms with Crippen LogP contribution >= 0.6 is 0 Å². The van der Waals surface area contributed by atoms with E-state index in [2.05, 4.69) is 194 Å². The van der Waals surface area contributed by atoms with Gasteiger partial charge in [-0.05, 0) is 132 Å². The fourth-order valence-electron chi connectivity index (χ4n) is 13.0. The number of hydrogen-bond acceptors (Lipinski definition) is 1. The maximum Gasteiger partial charge on any atom is 0.193 e. The first-order chi connectivity index (χ1) is 29.0. The molecule has 2 aliphatic heterocycles. The van der Waals surface area contributed by atoms with Crippen molar-refractivity contribution in [3.05, 3.63) is 190 Å². The summed E-state index contributed by atoms with van der Waals surface area (Å²) in [4.78, 5) is 0. The predicted molar refractivity (Wildman–Crippen MR) is 253 cm³/mol. The van der Waals surface area contributed by atoms with Crippen LogP contribution in [0, 0.1) is 12.3 Å². The lowest BCUT2D eigenvalue weighted by Crippen LogP contribution is -2.54. The SMILES string of the molecule is Cc1ccccc1-c1cc(-c2cccc3c2Nc2ccccc2C32c3ccccc3-c3ccccc32)c2c(c1)C1CC3(C)CCCCC3(C)c3cc(C(C)(C)C)cc(c31)[B]2. The lowest BCUT2D eigenvalue weighted by molar-refractivity contribution is 0.0602. The van der Waals surface area contributed by atoms with Gasteiger partial charge in [0.1, 0.15) is 0 Å². The number of fused-ring (bicyclic) bond motifs is 13. The van der Waals surface area contributed by atoms with Crippen LogP contribution in [-0.4, -0.2) is 7.28 Å². The Bertz CT molecular complexity index is 2920. The molecule has 1 spiro atoms. The quantitative estimate of drug-likeness (QED) is 0.173. The topological polar surface area (TPSA) is 12.0 Å². The molecule has 293 valence electrons. The summed E-state index contributed by atoms with van der Waals surface area (Å²) in [5.74, 6) is 0.330. The fraction of sp³-hybridized carbons (Fsp3) is 0.276. The fourth-order valence-corrected chi connectivity index (χ4v) is 13.0. The minimum Gasteiger partial charge on any atom is -0.354 e. The summed E-state index contributed by atoms with van der Waals surface area (Å²) >= 11 is 0. The molecule has 0 bridgehead atoms. The molecule has 3 atom stereocenters. The summed E-state index contributed by atoms with van der Waals surface area (Å²) in [6.07, 6.45) is 6.39. The van der Waals surface area contributed by atoms with Gasteiger partial charge >= 0.3 is 0 Å². The van der Waals surface area contributed by atoms with Gasteiger partial charge in [0.05, 0.1) is 11.1 Å². The Kier molecular flexibility index (Phi) is 7.54. The first kappa shape index (κ1) is 36.3. The van der Waals surface area contributed by atoms with Gasteiger partial charge in [-0.2, -0.15) is 0 Å². The highest BCUT2D eigenvalue weighted by Gasteiger charge is 2.55. The third-order valence-corrected chi connectivity index (χ3v) is 16.3. The Morgan fingerprint density at radius 2 is 1.23 bits per heavy atom. The molecule has 1 nitrogen and oxygen atoms in total. The zero-order chi connectivity index (χ0) is 40.8. The lowest BCUT2D eigenvalue weighted by Gasteiger charge is -2.58. The third kappa shape index (κ3) is 4.71. The summed E-state index contributed by atoms with van der Waals surface area (Å²) < 4.78 is 0. The highest BCUT2D eigenvalue weighted by molar-refractivity contribution is 6.70. The summed E-state index contributed by atoms with van der Waals surface area (Å²) in [6.45, 7) is 14.7. The van der Waals surface area contributed by atoms with E-state index >= 15 is 0 Å². The van der Waals surface area contributed by atoms with Crippen molar-refractivity contribution in [3.63, 3.8) is 0 Å². The van der Waals surface area contributed by atoms with E-state index in [0.717, 1.165) is 0 Å². The number of aryl methyl sites for hydroxylation is 1. The van der Waals surface area contributed by atoms with E-state index in [1.807, 2.05) is 0 Å².